The largest absolute Gasteiger partial charge is 0.366 e. The molecule has 0 N–H and O–H groups in total. The Labute approximate surface area is 107 Å². The van der Waals surface area contributed by atoms with Crippen LogP contribution in [-0.4, -0.2) is 43.4 Å². The lowest BCUT2D eigenvalue weighted by Gasteiger charge is -2.40. The minimum absolute atomic E-state index is 0.0874. The number of carbonyl (C=O) groups is 1. The summed E-state index contributed by atoms with van der Waals surface area (Å²) in [5.74, 6) is -0.443. The van der Waals surface area contributed by atoms with E-state index >= 15 is 0 Å². The van der Waals surface area contributed by atoms with Crippen molar-refractivity contribution in [2.75, 3.05) is 31.6 Å². The van der Waals surface area contributed by atoms with E-state index in [0.717, 1.165) is 25.3 Å². The molecule has 1 aliphatic heterocycles. The molecule has 1 unspecified atom stereocenters. The molecule has 0 aliphatic carbocycles. The first-order valence-corrected chi connectivity index (χ1v) is 6.24. The predicted molar refractivity (Wildman–Crippen MR) is 70.7 cm³/mol. The van der Waals surface area contributed by atoms with Gasteiger partial charge in [0.1, 0.15) is 5.82 Å². The zero-order valence-electron chi connectivity index (χ0n) is 11.1. The molecule has 0 spiro atoms. The second-order valence-electron chi connectivity index (χ2n) is 5.02. The Morgan fingerprint density at radius 1 is 1.39 bits per heavy atom. The van der Waals surface area contributed by atoms with Crippen LogP contribution >= 0.6 is 0 Å². The van der Waals surface area contributed by atoms with E-state index in [9.17, 15) is 9.18 Å². The van der Waals surface area contributed by atoms with Gasteiger partial charge in [-0.2, -0.15) is 0 Å². The number of hydrogen-bond acceptors (Lipinski definition) is 3. The molecule has 1 fully saturated rings. The zero-order valence-corrected chi connectivity index (χ0v) is 11.1. The van der Waals surface area contributed by atoms with Crippen LogP contribution in [0.5, 0.6) is 0 Å². The summed E-state index contributed by atoms with van der Waals surface area (Å²) in [6.07, 6.45) is 0. The third-order valence-corrected chi connectivity index (χ3v) is 3.48. The van der Waals surface area contributed by atoms with E-state index in [1.807, 2.05) is 0 Å². The molecule has 98 valence electrons. The van der Waals surface area contributed by atoms with Crippen LogP contribution < -0.4 is 4.90 Å². The first-order chi connectivity index (χ1) is 8.49. The van der Waals surface area contributed by atoms with Gasteiger partial charge in [-0.3, -0.25) is 4.79 Å². The molecule has 1 heterocycles. The number of benzene rings is 1. The lowest BCUT2D eigenvalue weighted by molar-refractivity contribution is 0.101. The Hall–Kier alpha value is -1.42. The Bertz CT molecular complexity index is 461. The molecular formula is C14H19FN2O. The second kappa shape index (κ2) is 5.06. The molecule has 0 amide bonds. The normalized spacial score (nSPS) is 21.1. The van der Waals surface area contributed by atoms with E-state index in [1.165, 1.54) is 19.1 Å². The van der Waals surface area contributed by atoms with Gasteiger partial charge in [0.2, 0.25) is 0 Å². The summed E-state index contributed by atoms with van der Waals surface area (Å²) in [6.45, 7) is 6.39. The number of anilines is 1. The average Bonchev–Trinajstić information content (AvgIpc) is 2.29. The van der Waals surface area contributed by atoms with Crippen LogP contribution in [0.1, 0.15) is 24.2 Å². The fourth-order valence-electron chi connectivity index (χ4n) is 2.54. The molecule has 1 saturated heterocycles. The van der Waals surface area contributed by atoms with Gasteiger partial charge in [0, 0.05) is 36.9 Å². The summed E-state index contributed by atoms with van der Waals surface area (Å²) in [4.78, 5) is 16.1. The number of likely N-dealkylation sites (N-methyl/N-ethyl adjacent to an activating group) is 1. The Balaban J connectivity index is 2.35. The molecule has 1 aliphatic rings. The van der Waals surface area contributed by atoms with Crippen LogP contribution in [0.4, 0.5) is 10.1 Å². The van der Waals surface area contributed by atoms with E-state index in [-0.39, 0.29) is 11.6 Å². The highest BCUT2D eigenvalue weighted by atomic mass is 19.1. The summed E-state index contributed by atoms with van der Waals surface area (Å²) >= 11 is 0. The standard InChI is InChI=1S/C14H19FN2O/c1-10-9-16(3)6-7-17(10)14-5-4-12(15)8-13(14)11(2)18/h4-5,8,10H,6-7,9H2,1-3H3. The van der Waals surface area contributed by atoms with Crippen molar-refractivity contribution in [1.82, 2.24) is 4.90 Å². The fourth-order valence-corrected chi connectivity index (χ4v) is 2.54. The minimum atomic E-state index is -0.356. The van der Waals surface area contributed by atoms with E-state index in [1.54, 1.807) is 6.07 Å². The maximum absolute atomic E-state index is 13.3. The van der Waals surface area contributed by atoms with Gasteiger partial charge in [0.15, 0.2) is 5.78 Å². The number of piperazine rings is 1. The van der Waals surface area contributed by atoms with Crippen molar-refractivity contribution in [3.8, 4) is 0 Å². The molecule has 0 aromatic heterocycles. The van der Waals surface area contributed by atoms with Crippen LogP contribution in [0.25, 0.3) is 0 Å². The summed E-state index contributed by atoms with van der Waals surface area (Å²) < 4.78 is 13.3. The zero-order chi connectivity index (χ0) is 13.3. The SMILES string of the molecule is CC(=O)c1cc(F)ccc1N1CCN(C)CC1C. The molecule has 0 bridgehead atoms. The third-order valence-electron chi connectivity index (χ3n) is 3.48. The van der Waals surface area contributed by atoms with E-state index in [4.69, 9.17) is 0 Å². The lowest BCUT2D eigenvalue weighted by atomic mass is 10.1. The molecule has 0 radical (unpaired) electrons. The predicted octanol–water partition coefficient (Wildman–Crippen LogP) is 2.17. The first kappa shape index (κ1) is 13.0. The second-order valence-corrected chi connectivity index (χ2v) is 5.02. The first-order valence-electron chi connectivity index (χ1n) is 6.24. The number of hydrogen-bond donors (Lipinski definition) is 0. The van der Waals surface area contributed by atoms with Crippen molar-refractivity contribution in [2.45, 2.75) is 19.9 Å². The number of rotatable bonds is 2. The van der Waals surface area contributed by atoms with Gasteiger partial charge in [0.05, 0.1) is 0 Å². The van der Waals surface area contributed by atoms with Crippen molar-refractivity contribution in [2.24, 2.45) is 0 Å². The Morgan fingerprint density at radius 2 is 2.11 bits per heavy atom. The van der Waals surface area contributed by atoms with Gasteiger partial charge < -0.3 is 9.80 Å². The smallest absolute Gasteiger partial charge is 0.161 e. The fraction of sp³-hybridized carbons (Fsp3) is 0.500. The van der Waals surface area contributed by atoms with Crippen molar-refractivity contribution in [3.05, 3.63) is 29.6 Å². The number of ketones is 1. The Morgan fingerprint density at radius 3 is 2.72 bits per heavy atom. The maximum atomic E-state index is 13.3. The molecule has 1 aromatic carbocycles. The molecule has 3 nitrogen and oxygen atoms in total. The molecular weight excluding hydrogens is 231 g/mol. The van der Waals surface area contributed by atoms with Crippen LogP contribution in [0.15, 0.2) is 18.2 Å². The number of halogens is 1. The highest BCUT2D eigenvalue weighted by Gasteiger charge is 2.24. The quantitative estimate of drug-likeness (QED) is 0.752. The monoisotopic (exact) mass is 250 g/mol. The highest BCUT2D eigenvalue weighted by Crippen LogP contribution is 2.26. The van der Waals surface area contributed by atoms with E-state index < -0.39 is 0 Å². The van der Waals surface area contributed by atoms with Crippen molar-refractivity contribution in [3.63, 3.8) is 0 Å². The maximum Gasteiger partial charge on any atom is 0.161 e. The minimum Gasteiger partial charge on any atom is -0.366 e. The summed E-state index contributed by atoms with van der Waals surface area (Å²) in [5, 5.41) is 0. The molecule has 18 heavy (non-hydrogen) atoms. The van der Waals surface area contributed by atoms with Gasteiger partial charge in [-0.15, -0.1) is 0 Å². The number of nitrogens with zero attached hydrogens (tertiary/aromatic N) is 2. The summed E-state index contributed by atoms with van der Waals surface area (Å²) in [7, 11) is 2.09. The highest BCUT2D eigenvalue weighted by molar-refractivity contribution is 5.99. The topological polar surface area (TPSA) is 23.6 Å². The van der Waals surface area contributed by atoms with Crippen LogP contribution in [-0.2, 0) is 0 Å². The number of Topliss-reactive ketones (excluding diaryl/α,β-unsaturated/α-hetero) is 1. The molecule has 1 atom stereocenters. The van der Waals surface area contributed by atoms with Gasteiger partial charge in [-0.1, -0.05) is 0 Å². The van der Waals surface area contributed by atoms with Crippen molar-refractivity contribution in [1.29, 1.82) is 0 Å². The van der Waals surface area contributed by atoms with Crippen molar-refractivity contribution < 1.29 is 9.18 Å². The summed E-state index contributed by atoms with van der Waals surface area (Å²) in [6, 6.07) is 4.80. The third kappa shape index (κ3) is 2.53. The summed E-state index contributed by atoms with van der Waals surface area (Å²) in [5.41, 5.74) is 1.33. The molecule has 2 rings (SSSR count). The van der Waals surface area contributed by atoms with Gasteiger partial charge >= 0.3 is 0 Å². The van der Waals surface area contributed by atoms with Gasteiger partial charge in [-0.05, 0) is 39.1 Å². The van der Waals surface area contributed by atoms with Crippen LogP contribution in [0.3, 0.4) is 0 Å². The molecule has 4 heteroatoms. The van der Waals surface area contributed by atoms with Gasteiger partial charge in [-0.25, -0.2) is 4.39 Å². The number of carbonyl (C=O) groups excluding carboxylic acids is 1. The van der Waals surface area contributed by atoms with Gasteiger partial charge in [0.25, 0.3) is 0 Å². The van der Waals surface area contributed by atoms with Crippen LogP contribution in [0, 0.1) is 5.82 Å². The lowest BCUT2D eigenvalue weighted by Crippen LogP contribution is -2.50. The van der Waals surface area contributed by atoms with Crippen molar-refractivity contribution >= 4 is 11.5 Å². The van der Waals surface area contributed by atoms with E-state index in [0.29, 0.717) is 11.6 Å². The molecule has 1 aromatic rings. The molecule has 0 saturated carbocycles. The van der Waals surface area contributed by atoms with Crippen LogP contribution in [0.2, 0.25) is 0 Å². The Kier molecular flexibility index (Phi) is 3.66. The van der Waals surface area contributed by atoms with E-state index in [2.05, 4.69) is 23.8 Å². The average molecular weight is 250 g/mol.